The quantitative estimate of drug-likeness (QED) is 0.535. The number of piperidine rings is 1. The van der Waals surface area contributed by atoms with Gasteiger partial charge in [-0.25, -0.2) is 0 Å². The lowest BCUT2D eigenvalue weighted by Crippen LogP contribution is -2.64. The number of rotatable bonds is 2. The summed E-state index contributed by atoms with van der Waals surface area (Å²) in [5, 5.41) is 0. The molecule has 150 valence electrons. The number of carbonyl (C=O) groups is 4. The van der Waals surface area contributed by atoms with E-state index in [0.29, 0.717) is 29.3 Å². The maximum atomic E-state index is 13.0. The van der Waals surface area contributed by atoms with Crippen LogP contribution in [0.4, 0.5) is 0 Å². The lowest BCUT2D eigenvalue weighted by Gasteiger charge is -2.55. The molecule has 0 radical (unpaired) electrons. The van der Waals surface area contributed by atoms with Crippen LogP contribution in [0.1, 0.15) is 50.4 Å². The molecule has 2 N–H and O–H groups in total. The Morgan fingerprint density at radius 3 is 2.04 bits per heavy atom. The molecule has 2 bridgehead atoms. The van der Waals surface area contributed by atoms with E-state index in [1.165, 1.54) is 11.9 Å². The number of halogens is 1. The molecule has 1 saturated heterocycles. The van der Waals surface area contributed by atoms with Gasteiger partial charge < -0.3 is 0 Å². The summed E-state index contributed by atoms with van der Waals surface area (Å²) in [6.07, 6.45) is 1.04. The SMILES string of the molecule is CN1C(=O)C2(C)CC(C)(C(=O)NNC(=O)c3ccccc3Br)CC(C)(C2)C1=O. The summed E-state index contributed by atoms with van der Waals surface area (Å²) in [5.74, 6) is -1.38. The Balaban J connectivity index is 1.78. The average molecular weight is 450 g/mol. The number of amides is 4. The number of hydrazine groups is 1. The van der Waals surface area contributed by atoms with Gasteiger partial charge in [-0.3, -0.25) is 34.9 Å². The molecule has 8 heteroatoms. The first-order valence-corrected chi connectivity index (χ1v) is 9.89. The summed E-state index contributed by atoms with van der Waals surface area (Å²) >= 11 is 3.30. The second kappa shape index (κ2) is 6.69. The zero-order valence-corrected chi connectivity index (χ0v) is 18.0. The van der Waals surface area contributed by atoms with Gasteiger partial charge in [-0.05, 0) is 47.3 Å². The summed E-state index contributed by atoms with van der Waals surface area (Å²) in [7, 11) is 1.50. The van der Waals surface area contributed by atoms with Crippen molar-refractivity contribution in [1.82, 2.24) is 15.8 Å². The topological polar surface area (TPSA) is 95.6 Å². The highest BCUT2D eigenvalue weighted by molar-refractivity contribution is 9.10. The standard InChI is InChI=1S/C20H24BrN3O4/c1-18(15(26)23-22-14(25)12-7-5-6-8-13(12)21)9-19(2)11-20(3,10-18)17(28)24(4)16(19)27/h5-8H,9-11H2,1-4H3,(H,22,25)(H,23,26). The second-order valence-corrected chi connectivity index (χ2v) is 9.62. The van der Waals surface area contributed by atoms with Gasteiger partial charge in [0.25, 0.3) is 5.91 Å². The molecule has 1 aromatic carbocycles. The van der Waals surface area contributed by atoms with E-state index in [9.17, 15) is 19.2 Å². The first kappa shape index (κ1) is 20.5. The predicted octanol–water partition coefficient (Wildman–Crippen LogP) is 2.41. The summed E-state index contributed by atoms with van der Waals surface area (Å²) < 4.78 is 0.611. The van der Waals surface area contributed by atoms with Gasteiger partial charge in [-0.1, -0.05) is 32.9 Å². The predicted molar refractivity (Wildman–Crippen MR) is 106 cm³/mol. The molecule has 0 spiro atoms. The zero-order chi connectivity index (χ0) is 20.9. The molecule has 4 amide bonds. The third-order valence-corrected chi connectivity index (χ3v) is 6.63. The number of imide groups is 1. The molecule has 2 fully saturated rings. The molecule has 2 unspecified atom stereocenters. The molecule has 7 nitrogen and oxygen atoms in total. The zero-order valence-electron chi connectivity index (χ0n) is 16.4. The Bertz CT molecular complexity index is 856. The van der Waals surface area contributed by atoms with Crippen LogP contribution in [0.25, 0.3) is 0 Å². The first-order valence-electron chi connectivity index (χ1n) is 9.10. The molecule has 0 aromatic heterocycles. The van der Waals surface area contributed by atoms with E-state index in [1.54, 1.807) is 45.0 Å². The number of likely N-dealkylation sites (tertiary alicyclic amines) is 1. The van der Waals surface area contributed by atoms with Crippen LogP contribution in [0.15, 0.2) is 28.7 Å². The average Bonchev–Trinajstić information content (AvgIpc) is 2.62. The molecule has 1 aliphatic carbocycles. The Morgan fingerprint density at radius 2 is 1.50 bits per heavy atom. The number of benzene rings is 1. The first-order chi connectivity index (χ1) is 12.9. The van der Waals surface area contributed by atoms with Gasteiger partial charge in [-0.2, -0.15) is 0 Å². The van der Waals surface area contributed by atoms with Gasteiger partial charge in [0.2, 0.25) is 17.7 Å². The second-order valence-electron chi connectivity index (χ2n) is 8.77. The summed E-state index contributed by atoms with van der Waals surface area (Å²) in [6, 6.07) is 6.87. The van der Waals surface area contributed by atoms with E-state index in [1.807, 2.05) is 0 Å². The van der Waals surface area contributed by atoms with Gasteiger partial charge in [-0.15, -0.1) is 0 Å². The summed E-state index contributed by atoms with van der Waals surface area (Å²) in [4.78, 5) is 51.9. The van der Waals surface area contributed by atoms with Gasteiger partial charge in [0.15, 0.2) is 0 Å². The van der Waals surface area contributed by atoms with Crippen molar-refractivity contribution in [1.29, 1.82) is 0 Å². The van der Waals surface area contributed by atoms with Crippen LogP contribution >= 0.6 is 15.9 Å². The van der Waals surface area contributed by atoms with Crippen LogP contribution in [0, 0.1) is 16.2 Å². The Hall–Kier alpha value is -2.22. The minimum absolute atomic E-state index is 0.258. The fourth-order valence-electron chi connectivity index (χ4n) is 5.11. The van der Waals surface area contributed by atoms with Crippen molar-refractivity contribution in [2.45, 2.75) is 40.0 Å². The number of carbonyl (C=O) groups excluding carboxylic acids is 4. The van der Waals surface area contributed by atoms with Crippen LogP contribution in [0.3, 0.4) is 0 Å². The summed E-state index contributed by atoms with van der Waals surface area (Å²) in [6.45, 7) is 5.36. The minimum atomic E-state index is -0.963. The van der Waals surface area contributed by atoms with Gasteiger partial charge in [0.1, 0.15) is 0 Å². The summed E-state index contributed by atoms with van der Waals surface area (Å²) in [5.41, 5.74) is 2.75. The molecule has 1 saturated carbocycles. The normalized spacial score (nSPS) is 32.1. The van der Waals surface area contributed by atoms with E-state index in [-0.39, 0.29) is 11.8 Å². The highest BCUT2D eigenvalue weighted by atomic mass is 79.9. The highest BCUT2D eigenvalue weighted by Crippen LogP contribution is 2.58. The molecular formula is C20H24BrN3O4. The molecular weight excluding hydrogens is 426 g/mol. The van der Waals surface area contributed by atoms with Crippen LogP contribution in [0.5, 0.6) is 0 Å². The van der Waals surface area contributed by atoms with E-state index in [2.05, 4.69) is 26.8 Å². The van der Waals surface area contributed by atoms with E-state index < -0.39 is 28.1 Å². The molecule has 28 heavy (non-hydrogen) atoms. The van der Waals surface area contributed by atoms with Crippen LogP contribution in [0.2, 0.25) is 0 Å². The van der Waals surface area contributed by atoms with Gasteiger partial charge >= 0.3 is 0 Å². The fraction of sp³-hybridized carbons (Fsp3) is 0.500. The molecule has 1 aromatic rings. The Kier molecular flexibility index (Phi) is 4.90. The lowest BCUT2D eigenvalue weighted by atomic mass is 9.51. The maximum absolute atomic E-state index is 13.0. The van der Waals surface area contributed by atoms with Crippen molar-refractivity contribution < 1.29 is 19.2 Å². The maximum Gasteiger partial charge on any atom is 0.270 e. The van der Waals surface area contributed by atoms with Crippen molar-refractivity contribution in [3.63, 3.8) is 0 Å². The van der Waals surface area contributed by atoms with Gasteiger partial charge in [0.05, 0.1) is 11.0 Å². The van der Waals surface area contributed by atoms with Crippen molar-refractivity contribution >= 4 is 39.6 Å². The van der Waals surface area contributed by atoms with Crippen molar-refractivity contribution in [2.75, 3.05) is 7.05 Å². The van der Waals surface area contributed by atoms with Crippen molar-refractivity contribution in [3.8, 4) is 0 Å². The molecule has 1 aliphatic heterocycles. The Morgan fingerprint density at radius 1 is 0.964 bits per heavy atom. The van der Waals surface area contributed by atoms with E-state index in [4.69, 9.17) is 0 Å². The monoisotopic (exact) mass is 449 g/mol. The third-order valence-electron chi connectivity index (χ3n) is 5.94. The number of fused-ring (bicyclic) bond motifs is 2. The molecule has 2 atom stereocenters. The van der Waals surface area contributed by atoms with E-state index in [0.717, 1.165) is 0 Å². The fourth-order valence-corrected chi connectivity index (χ4v) is 5.58. The van der Waals surface area contributed by atoms with Crippen molar-refractivity contribution in [2.24, 2.45) is 16.2 Å². The third kappa shape index (κ3) is 3.23. The van der Waals surface area contributed by atoms with Crippen LogP contribution < -0.4 is 10.9 Å². The number of nitrogens with zero attached hydrogens (tertiary/aromatic N) is 1. The lowest BCUT2D eigenvalue weighted by molar-refractivity contribution is -0.178. The highest BCUT2D eigenvalue weighted by Gasteiger charge is 2.62. The Labute approximate surface area is 172 Å². The van der Waals surface area contributed by atoms with E-state index >= 15 is 0 Å². The minimum Gasteiger partial charge on any atom is -0.285 e. The number of hydrogen-bond donors (Lipinski definition) is 2. The van der Waals surface area contributed by atoms with Crippen molar-refractivity contribution in [3.05, 3.63) is 34.3 Å². The molecule has 2 aliphatic rings. The van der Waals surface area contributed by atoms with Crippen LogP contribution in [-0.2, 0) is 14.4 Å². The largest absolute Gasteiger partial charge is 0.285 e. The van der Waals surface area contributed by atoms with Gasteiger partial charge in [0, 0.05) is 22.4 Å². The molecule has 3 rings (SSSR count). The number of nitrogens with one attached hydrogen (secondary N) is 2. The number of hydrogen-bond acceptors (Lipinski definition) is 4. The van der Waals surface area contributed by atoms with Crippen LogP contribution in [-0.4, -0.2) is 35.6 Å². The smallest absolute Gasteiger partial charge is 0.270 e. The molecule has 1 heterocycles.